The van der Waals surface area contributed by atoms with Gasteiger partial charge in [-0.05, 0) is 17.7 Å². The number of fused-ring (bicyclic) bond motifs is 1. The minimum Gasteiger partial charge on any atom is -0.349 e. The lowest BCUT2D eigenvalue weighted by molar-refractivity contribution is 0.153. The lowest BCUT2D eigenvalue weighted by Gasteiger charge is -2.13. The van der Waals surface area contributed by atoms with E-state index in [-0.39, 0.29) is 6.61 Å². The smallest absolute Gasteiger partial charge is 0.349 e. The van der Waals surface area contributed by atoms with E-state index in [2.05, 4.69) is 24.8 Å². The highest BCUT2D eigenvalue weighted by Crippen LogP contribution is 2.46. The second kappa shape index (κ2) is 6.33. The van der Waals surface area contributed by atoms with Crippen LogP contribution >= 0.6 is 19.9 Å². The van der Waals surface area contributed by atoms with Crippen LogP contribution in [-0.2, 0) is 11.1 Å². The molecule has 0 radical (unpaired) electrons. The predicted molar refractivity (Wildman–Crippen MR) is 84.3 cm³/mol. The van der Waals surface area contributed by atoms with Crippen molar-refractivity contribution in [3.05, 3.63) is 41.9 Å². The Balaban J connectivity index is 1.72. The fourth-order valence-electron chi connectivity index (χ4n) is 1.91. The van der Waals surface area contributed by atoms with Gasteiger partial charge in [-0.1, -0.05) is 23.9 Å². The number of H-pyrrole nitrogens is 1. The summed E-state index contributed by atoms with van der Waals surface area (Å²) in [5.41, 5.74) is 1.55. The molecular weight excluding hydrogens is 327 g/mol. The zero-order chi connectivity index (χ0) is 15.6. The number of hydrogen-bond donors (Lipinski definition) is 5. The zero-order valence-corrected chi connectivity index (χ0v) is 13.0. The summed E-state index contributed by atoms with van der Waals surface area (Å²) >= 11 is 1.46. The molecule has 1 aliphatic heterocycles. The van der Waals surface area contributed by atoms with E-state index in [1.165, 1.54) is 11.8 Å². The molecule has 0 saturated carbocycles. The van der Waals surface area contributed by atoms with Crippen LogP contribution in [0.2, 0.25) is 0 Å². The molecule has 0 spiro atoms. The first-order valence-corrected chi connectivity index (χ1v) is 8.70. The summed E-state index contributed by atoms with van der Waals surface area (Å²) in [6, 6.07) is 7.34. The van der Waals surface area contributed by atoms with E-state index in [0.717, 1.165) is 21.5 Å². The number of anilines is 1. The van der Waals surface area contributed by atoms with Gasteiger partial charge in [0.2, 0.25) is 0 Å². The summed E-state index contributed by atoms with van der Waals surface area (Å²) in [6.07, 6.45) is 1.61. The third-order valence-corrected chi connectivity index (χ3v) is 4.33. The molecule has 22 heavy (non-hydrogen) atoms. The van der Waals surface area contributed by atoms with Crippen molar-refractivity contribution in [3.8, 4) is 0 Å². The Morgan fingerprint density at radius 1 is 1.32 bits per heavy atom. The molecule has 116 valence electrons. The molecule has 0 amide bonds. The molecule has 1 aliphatic rings. The molecule has 10 heteroatoms. The van der Waals surface area contributed by atoms with Gasteiger partial charge in [0.1, 0.15) is 24.0 Å². The number of nitrogens with one attached hydrogen (secondary N) is 2. The van der Waals surface area contributed by atoms with E-state index >= 15 is 0 Å². The Morgan fingerprint density at radius 2 is 2.18 bits per heavy atom. The molecule has 0 saturated heterocycles. The van der Waals surface area contributed by atoms with Gasteiger partial charge in [-0.2, -0.15) is 14.7 Å². The molecule has 2 heterocycles. The Bertz CT molecular complexity index is 700. The summed E-state index contributed by atoms with van der Waals surface area (Å²) in [6.45, 7) is 0.380. The largest absolute Gasteiger partial charge is 0.567 e. The lowest BCUT2D eigenvalue weighted by Crippen LogP contribution is -2.13. The molecule has 0 fully saturated rings. The summed E-state index contributed by atoms with van der Waals surface area (Å²) in [7, 11) is -4.22. The summed E-state index contributed by atoms with van der Waals surface area (Å²) in [5, 5.41) is 3.88. The zero-order valence-electron chi connectivity index (χ0n) is 11.3. The number of aliphatic imine (C=N–C) groups is 1. The van der Waals surface area contributed by atoms with Gasteiger partial charge in [0.15, 0.2) is 5.82 Å². The van der Waals surface area contributed by atoms with Crippen molar-refractivity contribution in [1.82, 2.24) is 9.97 Å². The van der Waals surface area contributed by atoms with Crippen molar-refractivity contribution in [3.63, 3.8) is 0 Å². The topological polar surface area (TPSA) is 123 Å². The van der Waals surface area contributed by atoms with Crippen LogP contribution in [0.25, 0.3) is 0 Å². The van der Waals surface area contributed by atoms with Crippen molar-refractivity contribution < 1.29 is 19.2 Å². The summed E-state index contributed by atoms with van der Waals surface area (Å²) in [4.78, 5) is 39.1. The van der Waals surface area contributed by atoms with Gasteiger partial charge in [0, 0.05) is 4.90 Å². The highest BCUT2D eigenvalue weighted by Gasteiger charge is 2.32. The number of hydrogen-bond acceptors (Lipinski definition) is 8. The molecule has 8 nitrogen and oxygen atoms in total. The number of thioether (sulfide) groups is 1. The van der Waals surface area contributed by atoms with E-state index in [9.17, 15) is 0 Å². The predicted octanol–water partition coefficient (Wildman–Crippen LogP) is 1.50. The van der Waals surface area contributed by atoms with Crippen LogP contribution in [0.15, 0.2) is 40.5 Å². The fourth-order valence-corrected chi connectivity index (χ4v) is 3.20. The second-order valence-electron chi connectivity index (χ2n) is 4.46. The van der Waals surface area contributed by atoms with Crippen molar-refractivity contribution in [2.24, 2.45) is 4.99 Å². The van der Waals surface area contributed by atoms with Crippen LogP contribution in [0.1, 0.15) is 11.3 Å². The van der Waals surface area contributed by atoms with Gasteiger partial charge in [-0.25, -0.2) is 4.98 Å². The average Bonchev–Trinajstić information content (AvgIpc) is 2.94. The van der Waals surface area contributed by atoms with Gasteiger partial charge in [-0.3, -0.25) is 4.99 Å². The first-order valence-electron chi connectivity index (χ1n) is 6.32. The first-order chi connectivity index (χ1) is 10.5. The maximum atomic E-state index is 8.85. The van der Waals surface area contributed by atoms with Gasteiger partial charge in [0.05, 0.1) is 6.33 Å². The van der Waals surface area contributed by atoms with Crippen LogP contribution < -0.4 is 5.32 Å². The van der Waals surface area contributed by atoms with Gasteiger partial charge in [0.25, 0.3) is 0 Å². The quantitative estimate of drug-likeness (QED) is 0.534. The molecule has 1 aromatic carbocycles. The molecule has 0 atom stereocenters. The Morgan fingerprint density at radius 3 is 3.00 bits per heavy atom. The van der Waals surface area contributed by atoms with Crippen LogP contribution in [-0.4, -0.2) is 36.4 Å². The highest BCUT2D eigenvalue weighted by molar-refractivity contribution is 8.14. The maximum Gasteiger partial charge on any atom is 0.567 e. The minimum absolute atomic E-state index is 0.0883. The number of nitrogens with zero attached hydrogens (tertiary/aromatic N) is 2. The van der Waals surface area contributed by atoms with E-state index in [1.807, 2.05) is 18.2 Å². The minimum atomic E-state index is -4.22. The number of aromatic nitrogens is 2. The molecule has 1 aromatic heterocycles. The highest BCUT2D eigenvalue weighted by atomic mass is 32.2. The monoisotopic (exact) mass is 341 g/mol. The van der Waals surface area contributed by atoms with Crippen molar-refractivity contribution in [1.29, 1.82) is 0 Å². The van der Waals surface area contributed by atoms with Crippen molar-refractivity contribution >= 4 is 30.8 Å². The molecule has 0 aliphatic carbocycles. The summed E-state index contributed by atoms with van der Waals surface area (Å²) in [5.74, 6) is 0.771. The van der Waals surface area contributed by atoms with Gasteiger partial charge >= 0.3 is 8.17 Å². The second-order valence-corrected chi connectivity index (χ2v) is 6.81. The van der Waals surface area contributed by atoms with E-state index in [1.54, 1.807) is 12.4 Å². The first kappa shape index (κ1) is 15.4. The Hall–Kier alpha value is -1.48. The molecule has 0 unspecified atom stereocenters. The maximum absolute atomic E-state index is 8.85. The van der Waals surface area contributed by atoms with E-state index in [0.29, 0.717) is 12.2 Å². The lowest BCUT2D eigenvalue weighted by atomic mass is 10.2. The number of rotatable bonds is 4. The Kier molecular flexibility index (Phi) is 4.44. The Labute approximate surface area is 131 Å². The van der Waals surface area contributed by atoms with Crippen LogP contribution in [0, 0.1) is 0 Å². The van der Waals surface area contributed by atoms with Gasteiger partial charge in [-0.15, -0.1) is 4.52 Å². The number of imidazole rings is 1. The molecule has 2 aromatic rings. The third-order valence-electron chi connectivity index (χ3n) is 2.84. The van der Waals surface area contributed by atoms with Crippen LogP contribution in [0.5, 0.6) is 0 Å². The summed E-state index contributed by atoms with van der Waals surface area (Å²) < 4.78 is 4.62. The van der Waals surface area contributed by atoms with Crippen molar-refractivity contribution in [2.45, 2.75) is 11.5 Å². The van der Waals surface area contributed by atoms with Crippen molar-refractivity contribution in [2.75, 3.05) is 12.0 Å². The normalized spacial score (nSPS) is 14.2. The fraction of sp³-hybridized carbons (Fsp3) is 0.167. The molecular formula is C12H14N4O4PS+. The third kappa shape index (κ3) is 3.83. The van der Waals surface area contributed by atoms with Gasteiger partial charge < -0.3 is 10.3 Å². The van der Waals surface area contributed by atoms with Crippen LogP contribution in [0.4, 0.5) is 5.82 Å². The SMILES string of the molecule is O[P+](O)(O)OCc1cccc(SC2=NCNc3nc[nH]c32)c1. The average molecular weight is 341 g/mol. The number of aromatic amines is 1. The molecule has 3 rings (SSSR count). The van der Waals surface area contributed by atoms with Crippen LogP contribution in [0.3, 0.4) is 0 Å². The standard InChI is InChI=1S/C12H14N4O4PS/c17-21(18,19)20-5-8-2-1-3-9(4-8)22-12-10-11(14-6-13-10)15-7-16-12/h1-4,6,15,17-19H,5,7H2,(H,13,14)/q+1. The van der Waals surface area contributed by atoms with E-state index < -0.39 is 8.17 Å². The van der Waals surface area contributed by atoms with E-state index in [4.69, 9.17) is 14.7 Å². The molecule has 0 bridgehead atoms. The number of benzene rings is 1. The molecule has 5 N–H and O–H groups in total.